The summed E-state index contributed by atoms with van der Waals surface area (Å²) in [5.41, 5.74) is 0. The predicted molar refractivity (Wildman–Crippen MR) is 60.3 cm³/mol. The van der Waals surface area contributed by atoms with Gasteiger partial charge >= 0.3 is 0 Å². The summed E-state index contributed by atoms with van der Waals surface area (Å²) in [6.07, 6.45) is 5.59. The minimum Gasteiger partial charge on any atom is -0.394 e. The first kappa shape index (κ1) is 11.5. The minimum atomic E-state index is -0.0454. The molecule has 0 spiro atoms. The Balaban J connectivity index is 2.13. The molecule has 1 N–H and O–H groups in total. The fourth-order valence-electron chi connectivity index (χ4n) is 2.04. The van der Waals surface area contributed by atoms with Crippen molar-refractivity contribution in [1.82, 2.24) is 14.5 Å². The maximum absolute atomic E-state index is 12.1. The van der Waals surface area contributed by atoms with Crippen LogP contribution < -0.4 is 0 Å². The zero-order chi connectivity index (χ0) is 11.4. The van der Waals surface area contributed by atoms with Crippen molar-refractivity contribution >= 4 is 17.4 Å². The van der Waals surface area contributed by atoms with Gasteiger partial charge in [0.2, 0.25) is 0 Å². The Bertz CT molecular complexity index is 342. The number of likely N-dealkylation sites (tertiary alicyclic amines) is 1. The van der Waals surface area contributed by atoms with Crippen LogP contribution >= 0.6 is 11.5 Å². The standard InChI is InChI=1S/C10H15N3O2S/c14-7-8-4-2-1-3-5-13(8)10(15)9-6-11-12-16-9/h6,8,14H,1-5,7H2. The van der Waals surface area contributed by atoms with Crippen LogP contribution in [0.1, 0.15) is 35.4 Å². The minimum absolute atomic E-state index is 0.0397. The number of hydrogen-bond acceptors (Lipinski definition) is 5. The molecule has 1 aliphatic rings. The van der Waals surface area contributed by atoms with Crippen LogP contribution in [0.3, 0.4) is 0 Å². The number of hydrogen-bond donors (Lipinski definition) is 1. The van der Waals surface area contributed by atoms with E-state index in [0.717, 1.165) is 43.8 Å². The molecule has 1 amide bonds. The number of aliphatic hydroxyl groups excluding tert-OH is 1. The van der Waals surface area contributed by atoms with Gasteiger partial charge in [0.1, 0.15) is 4.88 Å². The van der Waals surface area contributed by atoms with Gasteiger partial charge in [0.25, 0.3) is 5.91 Å². The first-order valence-corrected chi connectivity index (χ1v) is 6.29. The molecule has 16 heavy (non-hydrogen) atoms. The monoisotopic (exact) mass is 241 g/mol. The number of aliphatic hydroxyl groups is 1. The van der Waals surface area contributed by atoms with Crippen LogP contribution in [0.25, 0.3) is 0 Å². The second-order valence-corrected chi connectivity index (χ2v) is 4.75. The van der Waals surface area contributed by atoms with Gasteiger partial charge in [-0.05, 0) is 24.4 Å². The highest BCUT2D eigenvalue weighted by atomic mass is 32.1. The summed E-state index contributed by atoms with van der Waals surface area (Å²) in [4.78, 5) is 14.5. The molecule has 0 radical (unpaired) electrons. The molecule has 1 aliphatic heterocycles. The molecule has 1 aromatic heterocycles. The van der Waals surface area contributed by atoms with Gasteiger partial charge in [-0.1, -0.05) is 17.3 Å². The van der Waals surface area contributed by atoms with Gasteiger partial charge in [0, 0.05) is 6.54 Å². The average Bonchev–Trinajstić information content (AvgIpc) is 2.73. The average molecular weight is 241 g/mol. The van der Waals surface area contributed by atoms with Gasteiger partial charge in [-0.3, -0.25) is 4.79 Å². The van der Waals surface area contributed by atoms with E-state index in [9.17, 15) is 9.90 Å². The van der Waals surface area contributed by atoms with Crippen molar-refractivity contribution in [3.05, 3.63) is 11.1 Å². The maximum atomic E-state index is 12.1. The van der Waals surface area contributed by atoms with E-state index in [4.69, 9.17) is 0 Å². The third-order valence-electron chi connectivity index (χ3n) is 2.92. The SMILES string of the molecule is O=C(c1cnns1)N1CCCCCC1CO. The molecule has 1 atom stereocenters. The molecule has 1 aromatic rings. The van der Waals surface area contributed by atoms with E-state index in [-0.39, 0.29) is 18.6 Å². The molecule has 2 heterocycles. The molecule has 0 bridgehead atoms. The Morgan fingerprint density at radius 1 is 1.56 bits per heavy atom. The second kappa shape index (κ2) is 5.36. The summed E-state index contributed by atoms with van der Waals surface area (Å²) in [5, 5.41) is 13.0. The molecular weight excluding hydrogens is 226 g/mol. The Morgan fingerprint density at radius 2 is 2.44 bits per heavy atom. The molecule has 1 fully saturated rings. The van der Waals surface area contributed by atoms with E-state index in [1.807, 2.05) is 0 Å². The third kappa shape index (κ3) is 2.38. The van der Waals surface area contributed by atoms with E-state index < -0.39 is 0 Å². The quantitative estimate of drug-likeness (QED) is 0.836. The van der Waals surface area contributed by atoms with Crippen LogP contribution in [0.15, 0.2) is 6.20 Å². The Hall–Kier alpha value is -1.01. The van der Waals surface area contributed by atoms with E-state index >= 15 is 0 Å². The van der Waals surface area contributed by atoms with Crippen LogP contribution in [0, 0.1) is 0 Å². The van der Waals surface area contributed by atoms with Crippen molar-refractivity contribution in [2.45, 2.75) is 31.7 Å². The van der Waals surface area contributed by atoms with E-state index in [1.54, 1.807) is 4.90 Å². The summed E-state index contributed by atoms with van der Waals surface area (Å²) in [6, 6.07) is -0.0444. The number of nitrogens with zero attached hydrogens (tertiary/aromatic N) is 3. The summed E-state index contributed by atoms with van der Waals surface area (Å²) in [7, 11) is 0. The fraction of sp³-hybridized carbons (Fsp3) is 0.700. The maximum Gasteiger partial charge on any atom is 0.267 e. The zero-order valence-corrected chi connectivity index (χ0v) is 9.82. The molecule has 2 rings (SSSR count). The van der Waals surface area contributed by atoms with Crippen molar-refractivity contribution in [2.75, 3.05) is 13.2 Å². The molecule has 0 aliphatic carbocycles. The van der Waals surface area contributed by atoms with Gasteiger partial charge in [-0.2, -0.15) is 0 Å². The van der Waals surface area contributed by atoms with Gasteiger partial charge in [0.15, 0.2) is 0 Å². The first-order chi connectivity index (χ1) is 7.83. The van der Waals surface area contributed by atoms with Gasteiger partial charge in [0.05, 0.1) is 18.8 Å². The zero-order valence-electron chi connectivity index (χ0n) is 9.00. The van der Waals surface area contributed by atoms with Crippen LogP contribution in [-0.4, -0.2) is 44.7 Å². The number of carbonyl (C=O) groups excluding carboxylic acids is 1. The van der Waals surface area contributed by atoms with Gasteiger partial charge in [-0.15, -0.1) is 5.10 Å². The second-order valence-electron chi connectivity index (χ2n) is 3.97. The van der Waals surface area contributed by atoms with Crippen molar-refractivity contribution in [2.24, 2.45) is 0 Å². The van der Waals surface area contributed by atoms with Gasteiger partial charge < -0.3 is 10.0 Å². The number of rotatable bonds is 2. The Morgan fingerprint density at radius 3 is 3.12 bits per heavy atom. The smallest absolute Gasteiger partial charge is 0.267 e. The largest absolute Gasteiger partial charge is 0.394 e. The highest BCUT2D eigenvalue weighted by molar-refractivity contribution is 7.07. The van der Waals surface area contributed by atoms with Crippen molar-refractivity contribution in [3.8, 4) is 0 Å². The summed E-state index contributed by atoms with van der Waals surface area (Å²) in [6.45, 7) is 0.764. The van der Waals surface area contributed by atoms with Crippen LogP contribution in [0.4, 0.5) is 0 Å². The number of amides is 1. The van der Waals surface area contributed by atoms with E-state index in [0.29, 0.717) is 4.88 Å². The third-order valence-corrected chi connectivity index (χ3v) is 3.57. The van der Waals surface area contributed by atoms with Crippen LogP contribution in [0.5, 0.6) is 0 Å². The first-order valence-electron chi connectivity index (χ1n) is 5.52. The molecule has 0 aromatic carbocycles. The summed E-state index contributed by atoms with van der Waals surface area (Å²) in [5.74, 6) is -0.0454. The van der Waals surface area contributed by atoms with E-state index in [2.05, 4.69) is 9.59 Å². The van der Waals surface area contributed by atoms with Crippen LogP contribution in [0.2, 0.25) is 0 Å². The lowest BCUT2D eigenvalue weighted by molar-refractivity contribution is 0.0604. The summed E-state index contributed by atoms with van der Waals surface area (Å²) < 4.78 is 3.69. The molecule has 6 heteroatoms. The lowest BCUT2D eigenvalue weighted by Gasteiger charge is -2.27. The van der Waals surface area contributed by atoms with Crippen molar-refractivity contribution in [1.29, 1.82) is 0 Å². The topological polar surface area (TPSA) is 66.3 Å². The lowest BCUT2D eigenvalue weighted by atomic mass is 10.1. The molecular formula is C10H15N3O2S. The molecule has 5 nitrogen and oxygen atoms in total. The van der Waals surface area contributed by atoms with Gasteiger partial charge in [-0.25, -0.2) is 0 Å². The Labute approximate surface area is 98.2 Å². The van der Waals surface area contributed by atoms with E-state index in [1.165, 1.54) is 6.20 Å². The molecule has 0 saturated carbocycles. The summed E-state index contributed by atoms with van der Waals surface area (Å²) >= 11 is 1.11. The highest BCUT2D eigenvalue weighted by Gasteiger charge is 2.26. The molecule has 1 unspecified atom stereocenters. The number of carbonyl (C=O) groups is 1. The number of aromatic nitrogens is 2. The molecule has 88 valence electrons. The predicted octanol–water partition coefficient (Wildman–Crippen LogP) is 0.915. The lowest BCUT2D eigenvalue weighted by Crippen LogP contribution is -2.41. The van der Waals surface area contributed by atoms with Crippen LogP contribution in [-0.2, 0) is 0 Å². The van der Waals surface area contributed by atoms with Crippen molar-refractivity contribution < 1.29 is 9.90 Å². The molecule has 1 saturated heterocycles. The highest BCUT2D eigenvalue weighted by Crippen LogP contribution is 2.19. The normalized spacial score (nSPS) is 21.8. The van der Waals surface area contributed by atoms with Crippen molar-refractivity contribution in [3.63, 3.8) is 0 Å². The fourth-order valence-corrected chi connectivity index (χ4v) is 2.51. The Kier molecular flexibility index (Phi) is 3.84.